The summed E-state index contributed by atoms with van der Waals surface area (Å²) in [7, 11) is 1.64. The topological polar surface area (TPSA) is 80.2 Å². The van der Waals surface area contributed by atoms with Crippen molar-refractivity contribution in [2.24, 2.45) is 0 Å². The Morgan fingerprint density at radius 3 is 2.58 bits per heavy atom. The Kier molecular flexibility index (Phi) is 9.07. The van der Waals surface area contributed by atoms with Crippen molar-refractivity contribution in [3.05, 3.63) is 23.8 Å². The number of hydrogen-bond donors (Lipinski definition) is 3. The fourth-order valence-electron chi connectivity index (χ4n) is 2.17. The molecule has 0 bridgehead atoms. The van der Waals surface area contributed by atoms with Crippen LogP contribution in [0.15, 0.2) is 18.2 Å². The van der Waals surface area contributed by atoms with Crippen LogP contribution in [0, 0.1) is 0 Å². The van der Waals surface area contributed by atoms with Gasteiger partial charge in [0.15, 0.2) is 0 Å². The monoisotopic (exact) mass is 341 g/mol. The van der Waals surface area contributed by atoms with Crippen LogP contribution in [0.2, 0.25) is 0 Å². The van der Waals surface area contributed by atoms with E-state index in [2.05, 4.69) is 26.1 Å². The Balaban J connectivity index is 2.46. The van der Waals surface area contributed by atoms with Gasteiger partial charge in [-0.2, -0.15) is 0 Å². The molecule has 0 aromatic heterocycles. The Morgan fingerprint density at radius 2 is 1.96 bits per heavy atom. The first kappa shape index (κ1) is 20.7. The molecule has 1 aromatic rings. The van der Waals surface area contributed by atoms with Gasteiger partial charge < -0.3 is 29.7 Å². The summed E-state index contributed by atoms with van der Waals surface area (Å²) in [5, 5.41) is 21.7. The molecule has 0 unspecified atom stereocenters. The number of aliphatic hydroxyl groups excluding tert-OH is 2. The van der Waals surface area contributed by atoms with Gasteiger partial charge in [-0.25, -0.2) is 0 Å². The summed E-state index contributed by atoms with van der Waals surface area (Å²) in [5.41, 5.74) is 0.955. The fraction of sp³-hybridized carbons (Fsp3) is 0.667. The third-order valence-corrected chi connectivity index (χ3v) is 3.46. The highest BCUT2D eigenvalue weighted by atomic mass is 16.5. The van der Waals surface area contributed by atoms with Crippen molar-refractivity contribution in [2.75, 3.05) is 46.6 Å². The fourth-order valence-corrected chi connectivity index (χ4v) is 2.17. The normalized spacial score (nSPS) is 12.9. The van der Waals surface area contributed by atoms with E-state index in [0.717, 1.165) is 17.1 Å². The second kappa shape index (κ2) is 10.5. The number of rotatable bonds is 11. The van der Waals surface area contributed by atoms with E-state index in [1.54, 1.807) is 7.11 Å². The molecular weight excluding hydrogens is 310 g/mol. The Morgan fingerprint density at radius 1 is 1.21 bits per heavy atom. The van der Waals surface area contributed by atoms with E-state index in [0.29, 0.717) is 26.3 Å². The molecule has 1 aromatic carbocycles. The van der Waals surface area contributed by atoms with E-state index in [9.17, 15) is 5.11 Å². The van der Waals surface area contributed by atoms with Crippen molar-refractivity contribution < 1.29 is 24.4 Å². The van der Waals surface area contributed by atoms with Crippen molar-refractivity contribution in [3.8, 4) is 11.5 Å². The van der Waals surface area contributed by atoms with Gasteiger partial charge in [0.25, 0.3) is 0 Å². The lowest BCUT2D eigenvalue weighted by Crippen LogP contribution is -2.33. The van der Waals surface area contributed by atoms with Gasteiger partial charge in [-0.05, 0) is 23.6 Å². The van der Waals surface area contributed by atoms with Gasteiger partial charge in [0.2, 0.25) is 0 Å². The summed E-state index contributed by atoms with van der Waals surface area (Å²) in [6.07, 6.45) is -0.613. The van der Waals surface area contributed by atoms with Crippen molar-refractivity contribution in [3.63, 3.8) is 0 Å². The van der Waals surface area contributed by atoms with Crippen molar-refractivity contribution in [2.45, 2.75) is 32.3 Å². The van der Waals surface area contributed by atoms with E-state index < -0.39 is 6.10 Å². The largest absolute Gasteiger partial charge is 0.497 e. The van der Waals surface area contributed by atoms with E-state index in [4.69, 9.17) is 19.3 Å². The summed E-state index contributed by atoms with van der Waals surface area (Å²) in [6, 6.07) is 5.70. The van der Waals surface area contributed by atoms with Crippen LogP contribution in [-0.4, -0.2) is 62.9 Å². The maximum atomic E-state index is 10.0. The Bertz CT molecular complexity index is 473. The average molecular weight is 341 g/mol. The van der Waals surface area contributed by atoms with E-state index in [1.165, 1.54) is 0 Å². The molecule has 0 radical (unpaired) electrons. The third-order valence-electron chi connectivity index (χ3n) is 3.46. The van der Waals surface area contributed by atoms with Gasteiger partial charge in [0.1, 0.15) is 24.2 Å². The lowest BCUT2D eigenvalue weighted by atomic mass is 9.86. The standard InChI is InChI=1S/C18H31NO5/c1-18(2,3)16-11-15(22-4)5-6-17(16)24-13-14(21)12-19-7-9-23-10-8-20/h5-6,11,14,19-21H,7-10,12-13H2,1-4H3/t14-/m0/s1. The number of methoxy groups -OCH3 is 1. The zero-order chi connectivity index (χ0) is 18.0. The van der Waals surface area contributed by atoms with Gasteiger partial charge in [-0.3, -0.25) is 0 Å². The first-order valence-corrected chi connectivity index (χ1v) is 8.27. The van der Waals surface area contributed by atoms with Crippen LogP contribution in [0.3, 0.4) is 0 Å². The number of ether oxygens (including phenoxy) is 3. The molecule has 1 atom stereocenters. The van der Waals surface area contributed by atoms with Gasteiger partial charge in [-0.1, -0.05) is 20.8 Å². The van der Waals surface area contributed by atoms with Crippen LogP contribution in [0.25, 0.3) is 0 Å². The number of aliphatic hydroxyl groups is 2. The Hall–Kier alpha value is -1.34. The molecule has 0 saturated carbocycles. The van der Waals surface area contributed by atoms with Gasteiger partial charge in [0.05, 0.1) is 26.9 Å². The number of benzene rings is 1. The van der Waals surface area contributed by atoms with Crippen molar-refractivity contribution >= 4 is 0 Å². The van der Waals surface area contributed by atoms with Crippen LogP contribution in [-0.2, 0) is 10.2 Å². The molecule has 0 aliphatic carbocycles. The molecule has 0 aliphatic heterocycles. The molecule has 3 N–H and O–H groups in total. The first-order valence-electron chi connectivity index (χ1n) is 8.27. The summed E-state index contributed by atoms with van der Waals surface area (Å²) in [4.78, 5) is 0. The van der Waals surface area contributed by atoms with Crippen LogP contribution in [0.4, 0.5) is 0 Å². The van der Waals surface area contributed by atoms with Gasteiger partial charge >= 0.3 is 0 Å². The quantitative estimate of drug-likeness (QED) is 0.527. The zero-order valence-corrected chi connectivity index (χ0v) is 15.2. The molecule has 6 heteroatoms. The molecule has 0 heterocycles. The van der Waals surface area contributed by atoms with Crippen LogP contribution in [0.5, 0.6) is 11.5 Å². The van der Waals surface area contributed by atoms with Crippen molar-refractivity contribution in [1.82, 2.24) is 5.32 Å². The average Bonchev–Trinajstić information content (AvgIpc) is 2.55. The highest BCUT2D eigenvalue weighted by Crippen LogP contribution is 2.34. The maximum Gasteiger partial charge on any atom is 0.123 e. The van der Waals surface area contributed by atoms with E-state index in [1.807, 2.05) is 18.2 Å². The predicted octanol–water partition coefficient (Wildman–Crippen LogP) is 1.33. The van der Waals surface area contributed by atoms with Gasteiger partial charge in [-0.15, -0.1) is 0 Å². The van der Waals surface area contributed by atoms with Crippen LogP contribution in [0.1, 0.15) is 26.3 Å². The zero-order valence-electron chi connectivity index (χ0n) is 15.2. The SMILES string of the molecule is COc1ccc(OC[C@@H](O)CNCCOCCO)c(C(C)(C)C)c1. The maximum absolute atomic E-state index is 10.0. The lowest BCUT2D eigenvalue weighted by Gasteiger charge is -2.24. The second-order valence-corrected chi connectivity index (χ2v) is 6.62. The highest BCUT2D eigenvalue weighted by molar-refractivity contribution is 5.44. The smallest absolute Gasteiger partial charge is 0.123 e. The summed E-state index contributed by atoms with van der Waals surface area (Å²) in [5.74, 6) is 1.55. The third kappa shape index (κ3) is 7.49. The van der Waals surface area contributed by atoms with Gasteiger partial charge in [0, 0.05) is 18.7 Å². The van der Waals surface area contributed by atoms with E-state index >= 15 is 0 Å². The second-order valence-electron chi connectivity index (χ2n) is 6.62. The Labute approximate surface area is 144 Å². The summed E-state index contributed by atoms with van der Waals surface area (Å²) < 4.78 is 16.2. The minimum absolute atomic E-state index is 0.0223. The lowest BCUT2D eigenvalue weighted by molar-refractivity contribution is 0.0839. The molecule has 0 fully saturated rings. The molecule has 0 spiro atoms. The van der Waals surface area contributed by atoms with Crippen LogP contribution < -0.4 is 14.8 Å². The molecular formula is C18H31NO5. The number of nitrogens with one attached hydrogen (secondary N) is 1. The predicted molar refractivity (Wildman–Crippen MR) is 94.0 cm³/mol. The summed E-state index contributed by atoms with van der Waals surface area (Å²) >= 11 is 0. The molecule has 0 amide bonds. The minimum atomic E-state index is -0.613. The summed E-state index contributed by atoms with van der Waals surface area (Å²) in [6.45, 7) is 8.43. The molecule has 0 saturated heterocycles. The van der Waals surface area contributed by atoms with Crippen LogP contribution >= 0.6 is 0 Å². The molecule has 0 aliphatic rings. The molecule has 138 valence electrons. The first-order chi connectivity index (χ1) is 11.4. The minimum Gasteiger partial charge on any atom is -0.497 e. The number of hydrogen-bond acceptors (Lipinski definition) is 6. The van der Waals surface area contributed by atoms with E-state index in [-0.39, 0.29) is 18.6 Å². The highest BCUT2D eigenvalue weighted by Gasteiger charge is 2.20. The van der Waals surface area contributed by atoms with Crippen molar-refractivity contribution in [1.29, 1.82) is 0 Å². The molecule has 24 heavy (non-hydrogen) atoms. The molecule has 6 nitrogen and oxygen atoms in total. The molecule has 1 rings (SSSR count).